The number of carbonyl (C=O) groups is 1. The van der Waals surface area contributed by atoms with Crippen LogP contribution < -0.4 is 0 Å². The third-order valence-electron chi connectivity index (χ3n) is 4.41. The van der Waals surface area contributed by atoms with Crippen LogP contribution in [-0.4, -0.2) is 47.0 Å². The molecule has 2 aromatic heterocycles. The first kappa shape index (κ1) is 20.7. The number of nitrogens with zero attached hydrogens (tertiary/aromatic N) is 4. The van der Waals surface area contributed by atoms with Crippen molar-refractivity contribution in [1.82, 2.24) is 19.8 Å². The van der Waals surface area contributed by atoms with Gasteiger partial charge in [-0.3, -0.25) is 14.6 Å². The SMILES string of the molecule is COCc1c(C(=O)N(C)OC)cnn1-c1cc(C)nc2cc(C(F)(F)F)ccc12. The lowest BCUT2D eigenvalue weighted by Gasteiger charge is -2.16. The smallest absolute Gasteiger partial charge is 0.378 e. The summed E-state index contributed by atoms with van der Waals surface area (Å²) in [6, 6.07) is 5.03. The molecule has 0 aliphatic carbocycles. The van der Waals surface area contributed by atoms with Gasteiger partial charge in [0.2, 0.25) is 0 Å². The van der Waals surface area contributed by atoms with Gasteiger partial charge in [-0.2, -0.15) is 18.3 Å². The fourth-order valence-corrected chi connectivity index (χ4v) is 2.98. The van der Waals surface area contributed by atoms with Gasteiger partial charge in [0, 0.05) is 25.2 Å². The molecule has 1 amide bonds. The van der Waals surface area contributed by atoms with Gasteiger partial charge in [-0.25, -0.2) is 9.75 Å². The molecule has 3 rings (SSSR count). The van der Waals surface area contributed by atoms with Crippen molar-refractivity contribution >= 4 is 16.8 Å². The largest absolute Gasteiger partial charge is 0.416 e. The number of alkyl halides is 3. The van der Waals surface area contributed by atoms with Gasteiger partial charge < -0.3 is 4.74 Å². The molecule has 2 heterocycles. The lowest BCUT2D eigenvalue weighted by atomic mass is 10.1. The van der Waals surface area contributed by atoms with Gasteiger partial charge in [-0.05, 0) is 25.1 Å². The van der Waals surface area contributed by atoms with Crippen molar-refractivity contribution in [2.45, 2.75) is 19.7 Å². The molecule has 0 bridgehead atoms. The number of aryl methyl sites for hydroxylation is 1. The number of hydrogen-bond donors (Lipinski definition) is 0. The van der Waals surface area contributed by atoms with Crippen LogP contribution in [0.5, 0.6) is 0 Å². The first-order chi connectivity index (χ1) is 13.7. The molecule has 10 heteroatoms. The molecule has 0 radical (unpaired) electrons. The number of fused-ring (bicyclic) bond motifs is 1. The Kier molecular flexibility index (Phi) is 5.58. The predicted molar refractivity (Wildman–Crippen MR) is 98.4 cm³/mol. The highest BCUT2D eigenvalue weighted by Gasteiger charge is 2.31. The van der Waals surface area contributed by atoms with E-state index in [1.807, 2.05) is 0 Å². The second-order valence-corrected chi connectivity index (χ2v) is 6.35. The van der Waals surface area contributed by atoms with E-state index < -0.39 is 17.6 Å². The Morgan fingerprint density at radius 3 is 2.59 bits per heavy atom. The Balaban J connectivity index is 2.23. The van der Waals surface area contributed by atoms with Crippen molar-refractivity contribution in [3.63, 3.8) is 0 Å². The van der Waals surface area contributed by atoms with Crippen molar-refractivity contribution in [3.8, 4) is 5.69 Å². The monoisotopic (exact) mass is 408 g/mol. The molecular weight excluding hydrogens is 389 g/mol. The van der Waals surface area contributed by atoms with Crippen LogP contribution in [0.3, 0.4) is 0 Å². The number of benzene rings is 1. The molecule has 0 atom stereocenters. The zero-order valence-electron chi connectivity index (χ0n) is 16.2. The number of ether oxygens (including phenoxy) is 1. The number of carbonyl (C=O) groups excluding carboxylic acids is 1. The first-order valence-corrected chi connectivity index (χ1v) is 8.54. The number of hydroxylamine groups is 2. The number of hydrogen-bond acceptors (Lipinski definition) is 5. The molecule has 0 saturated heterocycles. The molecule has 0 aliphatic rings. The highest BCUT2D eigenvalue weighted by Crippen LogP contribution is 2.33. The Morgan fingerprint density at radius 2 is 1.97 bits per heavy atom. The Bertz CT molecular complexity index is 1060. The van der Waals surface area contributed by atoms with Gasteiger partial charge in [0.05, 0.1) is 47.9 Å². The molecule has 154 valence electrons. The van der Waals surface area contributed by atoms with Crippen LogP contribution in [0.15, 0.2) is 30.5 Å². The number of amides is 1. The summed E-state index contributed by atoms with van der Waals surface area (Å²) < 4.78 is 46.0. The van der Waals surface area contributed by atoms with Crippen molar-refractivity contribution in [3.05, 3.63) is 53.0 Å². The molecule has 7 nitrogen and oxygen atoms in total. The van der Waals surface area contributed by atoms with Gasteiger partial charge >= 0.3 is 6.18 Å². The van der Waals surface area contributed by atoms with Crippen molar-refractivity contribution in [2.24, 2.45) is 0 Å². The van der Waals surface area contributed by atoms with Gasteiger partial charge in [-0.15, -0.1) is 0 Å². The van der Waals surface area contributed by atoms with Gasteiger partial charge in [0.15, 0.2) is 0 Å². The highest BCUT2D eigenvalue weighted by molar-refractivity contribution is 5.95. The molecule has 0 aliphatic heterocycles. The fourth-order valence-electron chi connectivity index (χ4n) is 2.98. The average Bonchev–Trinajstić information content (AvgIpc) is 3.08. The third kappa shape index (κ3) is 3.94. The second-order valence-electron chi connectivity index (χ2n) is 6.35. The minimum absolute atomic E-state index is 0.0577. The van der Waals surface area contributed by atoms with Crippen molar-refractivity contribution in [1.29, 1.82) is 0 Å². The summed E-state index contributed by atoms with van der Waals surface area (Å²) in [6.07, 6.45) is -3.10. The van der Waals surface area contributed by atoms with E-state index in [2.05, 4.69) is 10.1 Å². The van der Waals surface area contributed by atoms with E-state index in [0.29, 0.717) is 22.5 Å². The minimum Gasteiger partial charge on any atom is -0.378 e. The Labute approximate surface area is 164 Å². The van der Waals surface area contributed by atoms with E-state index in [-0.39, 0.29) is 17.7 Å². The zero-order valence-corrected chi connectivity index (χ0v) is 16.2. The minimum atomic E-state index is -4.48. The second kappa shape index (κ2) is 7.80. The number of pyridine rings is 1. The van der Waals surface area contributed by atoms with Crippen LogP contribution in [0.1, 0.15) is 27.3 Å². The Morgan fingerprint density at radius 1 is 1.24 bits per heavy atom. The predicted octanol–water partition coefficient (Wildman–Crippen LogP) is 3.53. The Hall–Kier alpha value is -2.98. The summed E-state index contributed by atoms with van der Waals surface area (Å²) in [5.41, 5.74) is 1.08. The molecule has 29 heavy (non-hydrogen) atoms. The fraction of sp³-hybridized carbons (Fsp3) is 0.316. The topological polar surface area (TPSA) is 69.5 Å². The maximum absolute atomic E-state index is 13.1. The maximum atomic E-state index is 13.1. The van der Waals surface area contributed by atoms with Crippen LogP contribution in [0.4, 0.5) is 13.2 Å². The van der Waals surface area contributed by atoms with E-state index in [9.17, 15) is 18.0 Å². The van der Waals surface area contributed by atoms with E-state index in [1.54, 1.807) is 13.0 Å². The molecule has 3 aromatic rings. The van der Waals surface area contributed by atoms with Crippen molar-refractivity contribution in [2.75, 3.05) is 21.3 Å². The average molecular weight is 408 g/mol. The summed E-state index contributed by atoms with van der Waals surface area (Å²) in [5.74, 6) is -0.430. The van der Waals surface area contributed by atoms with E-state index in [0.717, 1.165) is 17.2 Å². The summed E-state index contributed by atoms with van der Waals surface area (Å²) in [6.45, 7) is 1.73. The standard InChI is InChI=1S/C19H19F3N4O3/c1-11-7-16(13-6-5-12(19(20,21)22)8-15(13)24-11)26-17(10-28-3)14(9-23-26)18(27)25(2)29-4/h5-9H,10H2,1-4H3. The third-order valence-corrected chi connectivity index (χ3v) is 4.41. The quantitative estimate of drug-likeness (QED) is 0.604. The number of methoxy groups -OCH3 is 1. The van der Waals surface area contributed by atoms with Crippen LogP contribution >= 0.6 is 0 Å². The summed E-state index contributed by atoms with van der Waals surface area (Å²) in [7, 11) is 4.29. The van der Waals surface area contributed by atoms with Gasteiger partial charge in [0.1, 0.15) is 0 Å². The number of rotatable bonds is 5. The first-order valence-electron chi connectivity index (χ1n) is 8.54. The van der Waals surface area contributed by atoms with Gasteiger partial charge in [0.25, 0.3) is 5.91 Å². The number of aromatic nitrogens is 3. The lowest BCUT2D eigenvalue weighted by molar-refractivity contribution is -0.137. The molecule has 0 fully saturated rings. The zero-order chi connectivity index (χ0) is 21.3. The molecule has 0 unspecified atom stereocenters. The van der Waals surface area contributed by atoms with Crippen LogP contribution in [0.25, 0.3) is 16.6 Å². The lowest BCUT2D eigenvalue weighted by Crippen LogP contribution is -2.26. The molecule has 0 saturated carbocycles. The number of halogens is 3. The maximum Gasteiger partial charge on any atom is 0.416 e. The van der Waals surface area contributed by atoms with E-state index in [1.165, 1.54) is 38.2 Å². The van der Waals surface area contributed by atoms with E-state index in [4.69, 9.17) is 9.57 Å². The van der Waals surface area contributed by atoms with Crippen LogP contribution in [-0.2, 0) is 22.4 Å². The molecule has 1 aromatic carbocycles. The van der Waals surface area contributed by atoms with E-state index >= 15 is 0 Å². The molecular formula is C19H19F3N4O3. The normalized spacial score (nSPS) is 11.8. The molecule has 0 spiro atoms. The van der Waals surface area contributed by atoms with Crippen LogP contribution in [0.2, 0.25) is 0 Å². The van der Waals surface area contributed by atoms with Crippen LogP contribution in [0, 0.1) is 6.92 Å². The summed E-state index contributed by atoms with van der Waals surface area (Å²) in [5, 5.41) is 5.80. The summed E-state index contributed by atoms with van der Waals surface area (Å²) in [4.78, 5) is 21.7. The van der Waals surface area contributed by atoms with Gasteiger partial charge in [-0.1, -0.05) is 6.07 Å². The van der Waals surface area contributed by atoms with Crippen molar-refractivity contribution < 1.29 is 27.5 Å². The molecule has 0 N–H and O–H groups in total. The summed E-state index contributed by atoms with van der Waals surface area (Å²) >= 11 is 0. The highest BCUT2D eigenvalue weighted by atomic mass is 19.4.